The van der Waals surface area contributed by atoms with Crippen LogP contribution in [0.2, 0.25) is 0 Å². The number of rotatable bonds is 1. The number of ether oxygens (including phenoxy) is 1. The van der Waals surface area contributed by atoms with E-state index in [1.54, 1.807) is 11.1 Å². The predicted octanol–water partition coefficient (Wildman–Crippen LogP) is 4.70. The van der Waals surface area contributed by atoms with E-state index < -0.39 is 0 Å². The summed E-state index contributed by atoms with van der Waals surface area (Å²) in [6.45, 7) is 3.29. The maximum absolute atomic E-state index is 12.1. The highest BCUT2D eigenvalue weighted by atomic mass is 16.5. The lowest BCUT2D eigenvalue weighted by atomic mass is 9.49. The Balaban J connectivity index is 1.35. The van der Waals surface area contributed by atoms with Crippen molar-refractivity contribution in [1.29, 1.82) is 0 Å². The molecule has 1 spiro atoms. The maximum atomic E-state index is 12.1. The van der Waals surface area contributed by atoms with Crippen LogP contribution in [-0.2, 0) is 9.53 Å². The van der Waals surface area contributed by atoms with Crippen molar-refractivity contribution in [1.82, 2.24) is 0 Å². The van der Waals surface area contributed by atoms with E-state index in [4.69, 9.17) is 4.74 Å². The Morgan fingerprint density at radius 1 is 1.15 bits per heavy atom. The van der Waals surface area contributed by atoms with Gasteiger partial charge in [-0.3, -0.25) is 4.79 Å². The van der Waals surface area contributed by atoms with Crippen LogP contribution in [0.15, 0.2) is 23.3 Å². The highest BCUT2D eigenvalue weighted by Crippen LogP contribution is 2.80. The van der Waals surface area contributed by atoms with E-state index >= 15 is 0 Å². The molecule has 26 heavy (non-hydrogen) atoms. The summed E-state index contributed by atoms with van der Waals surface area (Å²) >= 11 is 0. The van der Waals surface area contributed by atoms with Gasteiger partial charge in [0.25, 0.3) is 0 Å². The smallest absolute Gasteiger partial charge is 0.137 e. The van der Waals surface area contributed by atoms with Gasteiger partial charge < -0.3 is 4.74 Å². The van der Waals surface area contributed by atoms with Gasteiger partial charge in [-0.25, -0.2) is 0 Å². The van der Waals surface area contributed by atoms with Gasteiger partial charge in [0, 0.05) is 18.3 Å². The fraction of sp³-hybridized carbons (Fsp3) is 0.792. The summed E-state index contributed by atoms with van der Waals surface area (Å²) in [5.74, 6) is 6.56. The number of carbonyl (C=O) groups excluding carboxylic acids is 1. The van der Waals surface area contributed by atoms with Crippen LogP contribution in [0.1, 0.15) is 58.3 Å². The van der Waals surface area contributed by atoms with Gasteiger partial charge in [0.05, 0.1) is 12.2 Å². The van der Waals surface area contributed by atoms with E-state index in [9.17, 15) is 4.79 Å². The summed E-state index contributed by atoms with van der Waals surface area (Å²) in [5, 5.41) is 0. The molecular weight excluding hydrogens is 320 g/mol. The van der Waals surface area contributed by atoms with Crippen LogP contribution in [0.3, 0.4) is 0 Å². The van der Waals surface area contributed by atoms with Crippen LogP contribution >= 0.6 is 0 Å². The van der Waals surface area contributed by atoms with Crippen molar-refractivity contribution >= 4 is 5.78 Å². The zero-order chi connectivity index (χ0) is 17.3. The Bertz CT molecular complexity index is 777. The fourth-order valence-electron chi connectivity index (χ4n) is 9.36. The average molecular weight is 351 g/mol. The molecule has 0 aromatic heterocycles. The Kier molecular flexibility index (Phi) is 2.65. The fourth-order valence-corrected chi connectivity index (χ4v) is 9.36. The minimum absolute atomic E-state index is 0.0869. The van der Waals surface area contributed by atoms with Crippen LogP contribution in [0.5, 0.6) is 0 Å². The lowest BCUT2D eigenvalue weighted by molar-refractivity contribution is -0.136. The van der Waals surface area contributed by atoms with Crippen LogP contribution in [0, 0.1) is 46.8 Å². The molecule has 0 aromatic carbocycles. The summed E-state index contributed by atoms with van der Waals surface area (Å²) in [6.07, 6.45) is 14.4. The molecule has 0 radical (unpaired) electrons. The van der Waals surface area contributed by atoms with E-state index in [0.717, 1.165) is 67.3 Å². The lowest BCUT2D eigenvalue weighted by Crippen LogP contribution is -2.55. The number of ketones is 1. The molecule has 0 aromatic rings. The normalized spacial score (nSPS) is 58.2. The lowest BCUT2D eigenvalue weighted by Gasteiger charge is -2.57. The zero-order valence-corrected chi connectivity index (χ0v) is 15.9. The molecule has 2 heteroatoms. The topological polar surface area (TPSA) is 26.3 Å². The third-order valence-electron chi connectivity index (χ3n) is 10.2. The van der Waals surface area contributed by atoms with E-state index in [-0.39, 0.29) is 5.60 Å². The molecule has 0 bridgehead atoms. The molecule has 1 aliphatic heterocycles. The van der Waals surface area contributed by atoms with Gasteiger partial charge in [-0.2, -0.15) is 0 Å². The van der Waals surface area contributed by atoms with E-state index in [2.05, 4.69) is 19.1 Å². The first-order chi connectivity index (χ1) is 12.7. The van der Waals surface area contributed by atoms with Crippen LogP contribution in [0.4, 0.5) is 0 Å². The second kappa shape index (κ2) is 4.57. The summed E-state index contributed by atoms with van der Waals surface area (Å²) in [5.41, 5.74) is 3.90. The van der Waals surface area contributed by atoms with Gasteiger partial charge in [0.2, 0.25) is 0 Å². The molecule has 138 valence electrons. The van der Waals surface area contributed by atoms with Gasteiger partial charge in [0.1, 0.15) is 5.78 Å². The van der Waals surface area contributed by atoms with Gasteiger partial charge >= 0.3 is 0 Å². The van der Waals surface area contributed by atoms with Crippen molar-refractivity contribution in [2.75, 3.05) is 6.61 Å². The molecule has 4 saturated carbocycles. The van der Waals surface area contributed by atoms with E-state index in [1.807, 2.05) is 0 Å². The highest BCUT2D eigenvalue weighted by Gasteiger charge is 2.78. The zero-order valence-electron chi connectivity index (χ0n) is 15.9. The molecule has 0 amide bonds. The predicted molar refractivity (Wildman–Crippen MR) is 99.3 cm³/mol. The summed E-state index contributed by atoms with van der Waals surface area (Å²) in [6, 6.07) is 0. The number of carbonyl (C=O) groups is 1. The van der Waals surface area contributed by atoms with Crippen LogP contribution in [-0.4, -0.2) is 18.0 Å². The first-order valence-electron chi connectivity index (χ1n) is 11.3. The Morgan fingerprint density at radius 3 is 2.88 bits per heavy atom. The molecule has 9 atom stereocenters. The summed E-state index contributed by atoms with van der Waals surface area (Å²) < 4.78 is 6.60. The second-order valence-corrected chi connectivity index (χ2v) is 10.5. The van der Waals surface area contributed by atoms with Gasteiger partial charge in [0.15, 0.2) is 0 Å². The third-order valence-corrected chi connectivity index (χ3v) is 10.2. The molecule has 0 N–H and O–H groups in total. The number of Topliss-reactive ketones (excluding diaryl/α,β-unsaturated/α-hetero) is 1. The molecule has 5 unspecified atom stereocenters. The largest absolute Gasteiger partial charge is 0.366 e. The van der Waals surface area contributed by atoms with Crippen molar-refractivity contribution < 1.29 is 9.53 Å². The quantitative estimate of drug-likeness (QED) is 0.641. The van der Waals surface area contributed by atoms with Crippen LogP contribution in [0.25, 0.3) is 0 Å². The summed E-state index contributed by atoms with van der Waals surface area (Å²) in [4.78, 5) is 12.1. The molecule has 6 aliphatic carbocycles. The molecule has 7 aliphatic rings. The van der Waals surface area contributed by atoms with Crippen molar-refractivity contribution in [3.63, 3.8) is 0 Å². The average Bonchev–Trinajstić information content (AvgIpc) is 3.56. The minimum atomic E-state index is 0.0869. The van der Waals surface area contributed by atoms with Crippen molar-refractivity contribution in [3.05, 3.63) is 23.3 Å². The van der Waals surface area contributed by atoms with Gasteiger partial charge in [-0.05, 0) is 80.0 Å². The molecule has 7 rings (SSSR count). The molecular formula is C24H30O2. The first kappa shape index (κ1) is 15.1. The molecule has 1 heterocycles. The van der Waals surface area contributed by atoms with Gasteiger partial charge in [-0.15, -0.1) is 0 Å². The Morgan fingerprint density at radius 2 is 2.08 bits per heavy atom. The third kappa shape index (κ3) is 1.49. The second-order valence-electron chi connectivity index (χ2n) is 10.5. The van der Waals surface area contributed by atoms with Gasteiger partial charge in [-0.1, -0.05) is 30.2 Å². The van der Waals surface area contributed by atoms with E-state index in [1.165, 1.54) is 32.1 Å². The maximum Gasteiger partial charge on any atom is 0.137 e. The monoisotopic (exact) mass is 350 g/mol. The molecule has 4 fully saturated rings. The molecule has 2 nitrogen and oxygen atoms in total. The van der Waals surface area contributed by atoms with E-state index in [0.29, 0.717) is 11.2 Å². The molecule has 0 saturated heterocycles. The number of fused-ring (bicyclic) bond motifs is 11. The first-order valence-corrected chi connectivity index (χ1v) is 11.3. The highest BCUT2D eigenvalue weighted by molar-refractivity contribution is 5.83. The van der Waals surface area contributed by atoms with Crippen LogP contribution < -0.4 is 0 Å². The van der Waals surface area contributed by atoms with Crippen molar-refractivity contribution in [3.8, 4) is 0 Å². The van der Waals surface area contributed by atoms with Crippen molar-refractivity contribution in [2.45, 2.75) is 63.9 Å². The summed E-state index contributed by atoms with van der Waals surface area (Å²) in [7, 11) is 0. The van der Waals surface area contributed by atoms with Crippen molar-refractivity contribution in [2.24, 2.45) is 46.8 Å². The minimum Gasteiger partial charge on any atom is -0.366 e. The number of allylic oxidation sites excluding steroid dienone is 2. The Labute approximate surface area is 156 Å². The number of hydrogen-bond acceptors (Lipinski definition) is 2. The number of hydrogen-bond donors (Lipinski definition) is 0. The standard InChI is InChI=1S/C24H30O2/c1-2-23-8-6-15-14-5-4-13(25)10-16(14)17-11-18(17)21(15)22(23)19-12-20(19)24(23)7-3-9-26-24/h3,7,15,17-22H,2,4-6,8-12H2,1H3/t15?,17?,18?,19-,20+,21?,22?,23+,24+/m1/s1. The Hall–Kier alpha value is -0.890. The SMILES string of the molecule is CC[C@]12CCC3C4=C(CC(=O)CC4)C4CC4C3C1[C@@H]1C[C@@H]1[C@@]21C=CCO1.